The summed E-state index contributed by atoms with van der Waals surface area (Å²) >= 11 is 0. The first-order valence-electron chi connectivity index (χ1n) is 48.7. The zero-order chi connectivity index (χ0) is 93.9. The first-order valence-corrected chi connectivity index (χ1v) is 48.7. The molecule has 4 heterocycles. The van der Waals surface area contributed by atoms with Crippen molar-refractivity contribution in [3.63, 3.8) is 0 Å². The predicted molar refractivity (Wildman–Crippen MR) is 601 cm³/mol. The molecule has 27 rings (SSSR count). The highest BCUT2D eigenvalue weighted by Gasteiger charge is 2.25. The molecule has 0 aliphatic heterocycles. The Labute approximate surface area is 824 Å². The van der Waals surface area contributed by atoms with E-state index in [4.69, 9.17) is 0 Å². The van der Waals surface area contributed by atoms with Crippen LogP contribution in [-0.4, -0.2) is 18.3 Å². The Morgan fingerprint density at radius 2 is 0.324 bits per heavy atom. The summed E-state index contributed by atoms with van der Waals surface area (Å²) in [6.07, 6.45) is 0. The Kier molecular flexibility index (Phi) is 21.2. The second kappa shape index (κ2) is 36.0. The molecule has 4 aromatic heterocycles. The molecule has 0 aliphatic rings. The van der Waals surface area contributed by atoms with Crippen LogP contribution in [0.1, 0.15) is 0 Å². The lowest BCUT2D eigenvalue weighted by Gasteiger charge is -2.28. The monoisotopic (exact) mass is 1810 g/mol. The lowest BCUT2D eigenvalue weighted by Crippen LogP contribution is -2.10. The molecule has 6 heteroatoms. The molecular weight excluding hydrogens is 1720 g/mol. The van der Waals surface area contributed by atoms with Crippen molar-refractivity contribution in [2.45, 2.75) is 0 Å². The van der Waals surface area contributed by atoms with Crippen LogP contribution in [0.4, 0.5) is 34.1 Å². The summed E-state index contributed by atoms with van der Waals surface area (Å²) in [6, 6.07) is 203. The van der Waals surface area contributed by atoms with E-state index < -0.39 is 0 Å². The number of aromatic nitrogens is 4. The summed E-state index contributed by atoms with van der Waals surface area (Å²) < 4.78 is 9.53. The Balaban J connectivity index is 0.000000146. The van der Waals surface area contributed by atoms with Crippen molar-refractivity contribution in [3.8, 4) is 112 Å². The Morgan fingerprint density at radius 3 is 0.662 bits per heavy atom. The van der Waals surface area contributed by atoms with E-state index in [2.05, 4.69) is 586 Å². The van der Waals surface area contributed by atoms with E-state index in [1.807, 2.05) is 0 Å². The van der Waals surface area contributed by atoms with Gasteiger partial charge in [0.1, 0.15) is 0 Å². The topological polar surface area (TPSA) is 26.2 Å². The number of fused-ring (bicyclic) bond motifs is 13. The Bertz CT molecular complexity index is 9360. The van der Waals surface area contributed by atoms with Crippen LogP contribution in [0.2, 0.25) is 0 Å². The van der Waals surface area contributed by atoms with E-state index in [9.17, 15) is 0 Å². The van der Waals surface area contributed by atoms with Gasteiger partial charge in [-0.3, -0.25) is 0 Å². The molecular formula is C136H92N6. The fraction of sp³-hybridized carbons (Fsp3) is 0. The molecule has 0 fully saturated rings. The number of rotatable bonds is 18. The minimum atomic E-state index is 1.08. The largest absolute Gasteiger partial charge is 0.311 e. The minimum absolute atomic E-state index is 1.08. The average Bonchev–Trinajstić information content (AvgIpc) is 1.58. The molecule has 0 spiro atoms. The number of anilines is 6. The van der Waals surface area contributed by atoms with E-state index in [1.54, 1.807) is 0 Å². The SMILES string of the molecule is c1ccc(-c2ccc(-c3ccc(N(c4ccc(-c5ccc6c(c5)c5ccccc5n6-c5ccccc5)cc4)c4ccc(-c5ccc6c7ccccc7n(-c7ccccc7)c6c5)cc4)cc3)cc2)cc1.c1ccc(-c2ccc(-c3ccc(N(c4ccc(-c5ccc6c7ccccc7n(-c7ccccc7)c6c5)cc4)c4ccc(-c5ccc6c(c5)c5ccccc5n6-c5ccccc5)c5ccccc45)cc3)cc2)cc1. The van der Waals surface area contributed by atoms with Gasteiger partial charge in [0.25, 0.3) is 0 Å². The minimum Gasteiger partial charge on any atom is -0.311 e. The van der Waals surface area contributed by atoms with Crippen LogP contribution in [0.15, 0.2) is 558 Å². The fourth-order valence-corrected chi connectivity index (χ4v) is 21.6. The van der Waals surface area contributed by atoms with Crippen LogP contribution >= 0.6 is 0 Å². The fourth-order valence-electron chi connectivity index (χ4n) is 21.6. The molecule has 6 nitrogen and oxygen atoms in total. The molecule has 666 valence electrons. The smallest absolute Gasteiger partial charge is 0.0547 e. The summed E-state index contributed by atoms with van der Waals surface area (Å²) in [4.78, 5) is 4.79. The molecule has 0 unspecified atom stereocenters. The van der Waals surface area contributed by atoms with E-state index >= 15 is 0 Å². The molecule has 0 saturated carbocycles. The van der Waals surface area contributed by atoms with Gasteiger partial charge in [0.15, 0.2) is 0 Å². The second-order valence-corrected chi connectivity index (χ2v) is 36.6. The van der Waals surface area contributed by atoms with Crippen molar-refractivity contribution < 1.29 is 0 Å². The quantitative estimate of drug-likeness (QED) is 0.0856. The zero-order valence-corrected chi connectivity index (χ0v) is 77.8. The second-order valence-electron chi connectivity index (χ2n) is 36.6. The van der Waals surface area contributed by atoms with Crippen molar-refractivity contribution in [1.82, 2.24) is 18.3 Å². The van der Waals surface area contributed by atoms with E-state index in [0.29, 0.717) is 0 Å². The number of hydrogen-bond acceptors (Lipinski definition) is 2. The molecule has 0 bridgehead atoms. The normalized spacial score (nSPS) is 11.5. The summed E-state index contributed by atoms with van der Waals surface area (Å²) in [6.45, 7) is 0. The maximum atomic E-state index is 2.42. The highest BCUT2D eigenvalue weighted by atomic mass is 15.2. The zero-order valence-electron chi connectivity index (χ0n) is 77.8. The number of nitrogens with zero attached hydrogens (tertiary/aromatic N) is 6. The van der Waals surface area contributed by atoms with Crippen molar-refractivity contribution >= 4 is 132 Å². The van der Waals surface area contributed by atoms with Crippen LogP contribution < -0.4 is 9.80 Å². The molecule has 142 heavy (non-hydrogen) atoms. The molecule has 23 aromatic carbocycles. The number of para-hydroxylation sites is 8. The predicted octanol–water partition coefficient (Wildman–Crippen LogP) is 37.2. The van der Waals surface area contributed by atoms with Crippen molar-refractivity contribution in [2.75, 3.05) is 9.80 Å². The maximum absolute atomic E-state index is 2.42. The molecule has 0 amide bonds. The summed E-state index contributed by atoms with van der Waals surface area (Å²) in [5.74, 6) is 0. The Morgan fingerprint density at radius 1 is 0.113 bits per heavy atom. The third kappa shape index (κ3) is 15.2. The van der Waals surface area contributed by atoms with Gasteiger partial charge in [0.2, 0.25) is 0 Å². The van der Waals surface area contributed by atoms with Gasteiger partial charge in [0.05, 0.1) is 49.8 Å². The van der Waals surface area contributed by atoms with Crippen LogP contribution in [0, 0.1) is 0 Å². The van der Waals surface area contributed by atoms with E-state index in [0.717, 1.165) is 62.4 Å². The highest BCUT2D eigenvalue weighted by molar-refractivity contribution is 6.16. The summed E-state index contributed by atoms with van der Waals surface area (Å²) in [5.41, 5.74) is 39.8. The van der Waals surface area contributed by atoms with Gasteiger partial charge in [-0.15, -0.1) is 0 Å². The van der Waals surface area contributed by atoms with E-state index in [-0.39, 0.29) is 0 Å². The van der Waals surface area contributed by atoms with Crippen LogP contribution in [0.5, 0.6) is 0 Å². The van der Waals surface area contributed by atoms with Crippen LogP contribution in [0.25, 0.3) is 210 Å². The molecule has 0 N–H and O–H groups in total. The third-order valence-corrected chi connectivity index (χ3v) is 28.5. The summed E-state index contributed by atoms with van der Waals surface area (Å²) in [7, 11) is 0. The molecule has 0 aliphatic carbocycles. The third-order valence-electron chi connectivity index (χ3n) is 28.5. The van der Waals surface area contributed by atoms with Gasteiger partial charge in [0, 0.05) is 99.7 Å². The summed E-state index contributed by atoms with van der Waals surface area (Å²) in [5, 5.41) is 12.4. The van der Waals surface area contributed by atoms with Gasteiger partial charge < -0.3 is 28.1 Å². The first kappa shape index (κ1) is 83.7. The average molecular weight is 1810 g/mol. The lowest BCUT2D eigenvalue weighted by molar-refractivity contribution is 1.18. The van der Waals surface area contributed by atoms with Crippen molar-refractivity contribution in [1.29, 1.82) is 0 Å². The van der Waals surface area contributed by atoms with Gasteiger partial charge >= 0.3 is 0 Å². The molecule has 0 radical (unpaired) electrons. The van der Waals surface area contributed by atoms with Crippen LogP contribution in [0.3, 0.4) is 0 Å². The van der Waals surface area contributed by atoms with Gasteiger partial charge in [-0.2, -0.15) is 0 Å². The molecule has 27 aromatic rings. The lowest BCUT2D eigenvalue weighted by atomic mass is 9.95. The Hall–Kier alpha value is -18.9. The highest BCUT2D eigenvalue weighted by Crippen LogP contribution is 2.48. The van der Waals surface area contributed by atoms with Crippen molar-refractivity contribution in [2.24, 2.45) is 0 Å². The number of benzene rings is 23. The molecule has 0 atom stereocenters. The molecule has 0 saturated heterocycles. The van der Waals surface area contributed by atoms with Crippen LogP contribution in [-0.2, 0) is 0 Å². The van der Waals surface area contributed by atoms with E-state index in [1.165, 1.54) is 181 Å². The van der Waals surface area contributed by atoms with Gasteiger partial charge in [-0.05, 0) is 270 Å². The maximum Gasteiger partial charge on any atom is 0.0547 e. The number of hydrogen-bond donors (Lipinski definition) is 0. The van der Waals surface area contributed by atoms with Gasteiger partial charge in [-0.25, -0.2) is 0 Å². The standard InChI is InChI=1S/C70H47N3.C66H45N3/c1-4-16-48(17-5-1)49-28-30-50(31-29-49)51-32-38-57(39-33-51)71(58-40-34-52(35-41-58)53-36-42-64-62-24-12-14-26-66(62)73(70(64)47-53)56-20-8-3-9-21-56)68-45-43-59(60-22-10-11-23-61(60)68)54-37-44-69-65(46-54)63-25-13-15-27-67(63)72(69)55-18-6-2-7-19-55;1-4-14-46(15-5-1)47-24-26-48(27-25-47)49-28-36-56(37-29-49)67(57-38-30-50(31-39-57)52-35-43-65-62(44-52)60-21-11-13-23-64(60)68(65)54-16-6-2-7-17-54)58-40-32-51(33-41-58)53-34-42-61-59-20-10-12-22-63(59)69(66(61)45-53)55-18-8-3-9-19-55/h1-47H;1-45H. The first-order chi connectivity index (χ1) is 70.4. The van der Waals surface area contributed by atoms with Gasteiger partial charge in [-0.1, -0.05) is 382 Å². The van der Waals surface area contributed by atoms with Crippen molar-refractivity contribution in [3.05, 3.63) is 558 Å².